The molecular weight excluding hydrogens is 273 g/mol. The van der Waals surface area contributed by atoms with Crippen LogP contribution in [0.15, 0.2) is 29.2 Å². The van der Waals surface area contributed by atoms with Crippen molar-refractivity contribution in [3.8, 4) is 0 Å². The van der Waals surface area contributed by atoms with Crippen molar-refractivity contribution < 1.29 is 8.60 Å². The first-order chi connectivity index (χ1) is 9.72. The maximum absolute atomic E-state index is 13.7. The zero-order valence-electron chi connectivity index (χ0n) is 12.1. The van der Waals surface area contributed by atoms with Gasteiger partial charge in [-0.3, -0.25) is 4.21 Å². The molecule has 2 rings (SSSR count). The number of hydrogen-bond acceptors (Lipinski definition) is 2. The summed E-state index contributed by atoms with van der Waals surface area (Å²) >= 11 is 0. The van der Waals surface area contributed by atoms with Crippen molar-refractivity contribution in [1.29, 1.82) is 0 Å². The molecule has 1 aromatic rings. The Labute approximate surface area is 123 Å². The summed E-state index contributed by atoms with van der Waals surface area (Å²) in [6, 6.07) is 6.64. The molecule has 0 aliphatic heterocycles. The second-order valence-electron chi connectivity index (χ2n) is 5.50. The lowest BCUT2D eigenvalue weighted by Crippen LogP contribution is -2.41. The van der Waals surface area contributed by atoms with E-state index in [4.69, 9.17) is 0 Å². The monoisotopic (exact) mass is 297 g/mol. The lowest BCUT2D eigenvalue weighted by Gasteiger charge is -2.30. The summed E-state index contributed by atoms with van der Waals surface area (Å²) in [5.41, 5.74) is 0. The predicted octanol–water partition coefficient (Wildman–Crippen LogP) is 3.49. The number of nitrogens with one attached hydrogen (secondary N) is 1. The molecule has 1 aliphatic rings. The highest BCUT2D eigenvalue weighted by Gasteiger charge is 2.25. The maximum Gasteiger partial charge on any atom is 0.139 e. The van der Waals surface area contributed by atoms with Gasteiger partial charge in [-0.1, -0.05) is 38.3 Å². The summed E-state index contributed by atoms with van der Waals surface area (Å²) in [4.78, 5) is 0.339. The van der Waals surface area contributed by atoms with Gasteiger partial charge in [-0.25, -0.2) is 4.39 Å². The van der Waals surface area contributed by atoms with E-state index in [1.807, 2.05) is 0 Å². The molecule has 0 spiro atoms. The third-order valence-corrected chi connectivity index (χ3v) is 5.58. The Bertz CT molecular complexity index is 446. The van der Waals surface area contributed by atoms with Gasteiger partial charge < -0.3 is 5.32 Å². The van der Waals surface area contributed by atoms with Gasteiger partial charge in [0.05, 0.1) is 15.7 Å². The van der Waals surface area contributed by atoms with Crippen molar-refractivity contribution in [3.05, 3.63) is 30.1 Å². The first kappa shape index (κ1) is 15.6. The fourth-order valence-electron chi connectivity index (χ4n) is 3.04. The molecule has 1 fully saturated rings. The van der Waals surface area contributed by atoms with Crippen molar-refractivity contribution in [2.45, 2.75) is 50.0 Å². The van der Waals surface area contributed by atoms with E-state index >= 15 is 0 Å². The van der Waals surface area contributed by atoms with Gasteiger partial charge in [0.1, 0.15) is 5.82 Å². The fourth-order valence-corrected chi connectivity index (χ4v) is 4.45. The van der Waals surface area contributed by atoms with Gasteiger partial charge in [0, 0.05) is 11.8 Å². The van der Waals surface area contributed by atoms with E-state index in [1.54, 1.807) is 18.2 Å². The molecule has 0 heterocycles. The summed E-state index contributed by atoms with van der Waals surface area (Å²) in [5.74, 6) is 0.739. The summed E-state index contributed by atoms with van der Waals surface area (Å²) in [6.45, 7) is 2.94. The Morgan fingerprint density at radius 3 is 2.65 bits per heavy atom. The normalized spacial score (nSPS) is 19.7. The van der Waals surface area contributed by atoms with Crippen LogP contribution < -0.4 is 5.32 Å². The average molecular weight is 297 g/mol. The van der Waals surface area contributed by atoms with E-state index < -0.39 is 10.8 Å². The Morgan fingerprint density at radius 1 is 1.30 bits per heavy atom. The Morgan fingerprint density at radius 2 is 2.00 bits per heavy atom. The number of benzene rings is 1. The molecule has 2 unspecified atom stereocenters. The van der Waals surface area contributed by atoms with Crippen molar-refractivity contribution in [1.82, 2.24) is 5.32 Å². The average Bonchev–Trinajstić information content (AvgIpc) is 2.48. The lowest BCUT2D eigenvalue weighted by molar-refractivity contribution is 0.287. The van der Waals surface area contributed by atoms with E-state index in [2.05, 4.69) is 12.2 Å². The standard InChI is InChI=1S/C16H24FNOS/c1-2-18-15(13-8-4-3-5-9-13)12-20(19)16-11-7-6-10-14(16)17/h6-7,10-11,13,15,18H,2-5,8-9,12H2,1H3. The Hall–Kier alpha value is -0.740. The summed E-state index contributed by atoms with van der Waals surface area (Å²) < 4.78 is 26.1. The van der Waals surface area contributed by atoms with Crippen molar-refractivity contribution in [3.63, 3.8) is 0 Å². The first-order valence-corrected chi connectivity index (χ1v) is 8.90. The summed E-state index contributed by atoms with van der Waals surface area (Å²) in [6.07, 6.45) is 6.24. The van der Waals surface area contributed by atoms with Crippen LogP contribution in [0.3, 0.4) is 0 Å². The minimum atomic E-state index is -1.27. The molecule has 0 bridgehead atoms. The maximum atomic E-state index is 13.7. The predicted molar refractivity (Wildman–Crippen MR) is 81.7 cm³/mol. The van der Waals surface area contributed by atoms with Crippen molar-refractivity contribution >= 4 is 10.8 Å². The van der Waals surface area contributed by atoms with E-state index in [9.17, 15) is 8.60 Å². The molecule has 0 saturated heterocycles. The van der Waals surface area contributed by atoms with Gasteiger partial charge in [-0.2, -0.15) is 0 Å². The van der Waals surface area contributed by atoms with Crippen LogP contribution >= 0.6 is 0 Å². The molecule has 112 valence electrons. The molecular formula is C16H24FNOS. The highest BCUT2D eigenvalue weighted by molar-refractivity contribution is 7.85. The zero-order chi connectivity index (χ0) is 14.4. The quantitative estimate of drug-likeness (QED) is 0.871. The molecule has 2 nitrogen and oxygen atoms in total. The van der Waals surface area contributed by atoms with Gasteiger partial charge in [-0.15, -0.1) is 0 Å². The van der Waals surface area contributed by atoms with Crippen LogP contribution in [0.1, 0.15) is 39.0 Å². The number of halogens is 1. The molecule has 4 heteroatoms. The van der Waals surface area contributed by atoms with Gasteiger partial charge in [0.2, 0.25) is 0 Å². The second-order valence-corrected chi connectivity index (χ2v) is 6.97. The Balaban J connectivity index is 2.03. The minimum Gasteiger partial charge on any atom is -0.313 e. The fraction of sp³-hybridized carbons (Fsp3) is 0.625. The van der Waals surface area contributed by atoms with E-state index in [0.717, 1.165) is 6.54 Å². The van der Waals surface area contributed by atoms with Crippen LogP contribution in [0.2, 0.25) is 0 Å². The van der Waals surface area contributed by atoms with Crippen LogP contribution in [-0.4, -0.2) is 22.5 Å². The third-order valence-electron chi connectivity index (χ3n) is 4.10. The van der Waals surface area contributed by atoms with Crippen LogP contribution in [0, 0.1) is 11.7 Å². The van der Waals surface area contributed by atoms with Gasteiger partial charge in [-0.05, 0) is 37.4 Å². The highest BCUT2D eigenvalue weighted by Crippen LogP contribution is 2.27. The van der Waals surface area contributed by atoms with Crippen LogP contribution in [0.5, 0.6) is 0 Å². The van der Waals surface area contributed by atoms with E-state index in [1.165, 1.54) is 38.2 Å². The first-order valence-electron chi connectivity index (χ1n) is 7.58. The molecule has 0 radical (unpaired) electrons. The Kier molecular flexibility index (Phi) is 6.17. The van der Waals surface area contributed by atoms with Gasteiger partial charge >= 0.3 is 0 Å². The third kappa shape index (κ3) is 4.13. The second kappa shape index (κ2) is 7.89. The molecule has 0 amide bonds. The van der Waals surface area contributed by atoms with E-state index in [-0.39, 0.29) is 11.9 Å². The van der Waals surface area contributed by atoms with Gasteiger partial charge in [0.25, 0.3) is 0 Å². The topological polar surface area (TPSA) is 29.1 Å². The summed E-state index contributed by atoms with van der Waals surface area (Å²) in [5, 5.41) is 3.46. The van der Waals surface area contributed by atoms with E-state index in [0.29, 0.717) is 16.6 Å². The van der Waals surface area contributed by atoms with Crippen molar-refractivity contribution in [2.24, 2.45) is 5.92 Å². The molecule has 2 atom stereocenters. The largest absolute Gasteiger partial charge is 0.313 e. The lowest BCUT2D eigenvalue weighted by atomic mass is 9.84. The molecule has 1 N–H and O–H groups in total. The SMILES string of the molecule is CCNC(CS(=O)c1ccccc1F)C1CCCCC1. The number of hydrogen-bond donors (Lipinski definition) is 1. The molecule has 20 heavy (non-hydrogen) atoms. The minimum absolute atomic E-state index is 0.237. The highest BCUT2D eigenvalue weighted by atomic mass is 32.2. The molecule has 1 aliphatic carbocycles. The molecule has 1 saturated carbocycles. The summed E-state index contributed by atoms with van der Waals surface area (Å²) in [7, 11) is -1.27. The molecule has 1 aromatic carbocycles. The number of rotatable bonds is 6. The molecule has 0 aromatic heterocycles. The van der Waals surface area contributed by atoms with Crippen LogP contribution in [-0.2, 0) is 10.8 Å². The van der Waals surface area contributed by atoms with Crippen LogP contribution in [0.25, 0.3) is 0 Å². The van der Waals surface area contributed by atoms with Crippen LogP contribution in [0.4, 0.5) is 4.39 Å². The zero-order valence-corrected chi connectivity index (χ0v) is 12.9. The van der Waals surface area contributed by atoms with Gasteiger partial charge in [0.15, 0.2) is 0 Å². The smallest absolute Gasteiger partial charge is 0.139 e. The van der Waals surface area contributed by atoms with Crippen molar-refractivity contribution in [2.75, 3.05) is 12.3 Å².